The zero-order valence-electron chi connectivity index (χ0n) is 16.3. The summed E-state index contributed by atoms with van der Waals surface area (Å²) in [4.78, 5) is 21.1. The molecule has 2 aromatic carbocycles. The number of anilines is 3. The SMILES string of the molecule is Cc1cc(C)c(NC(=O)c2cnc(Nc3cc(C)ccc3C)nc2)c(C)c1. The number of hydrogen-bond donors (Lipinski definition) is 2. The summed E-state index contributed by atoms with van der Waals surface area (Å²) >= 11 is 0. The number of aryl methyl sites for hydroxylation is 5. The van der Waals surface area contributed by atoms with E-state index in [0.717, 1.165) is 33.6 Å². The smallest absolute Gasteiger partial charge is 0.258 e. The maximum Gasteiger partial charge on any atom is 0.258 e. The van der Waals surface area contributed by atoms with E-state index in [1.165, 1.54) is 18.0 Å². The van der Waals surface area contributed by atoms with Gasteiger partial charge in [0.05, 0.1) is 5.56 Å². The van der Waals surface area contributed by atoms with Gasteiger partial charge in [0.1, 0.15) is 0 Å². The van der Waals surface area contributed by atoms with E-state index in [1.54, 1.807) is 0 Å². The fourth-order valence-electron chi connectivity index (χ4n) is 3.06. The first-order valence-corrected chi connectivity index (χ1v) is 8.89. The van der Waals surface area contributed by atoms with Crippen LogP contribution in [0.25, 0.3) is 0 Å². The molecular weight excluding hydrogens is 336 g/mol. The van der Waals surface area contributed by atoms with E-state index in [4.69, 9.17) is 0 Å². The molecule has 0 unspecified atom stereocenters. The highest BCUT2D eigenvalue weighted by Crippen LogP contribution is 2.23. The molecular formula is C22H24N4O. The van der Waals surface area contributed by atoms with Crippen molar-refractivity contribution >= 4 is 23.2 Å². The molecule has 1 heterocycles. The molecule has 0 saturated heterocycles. The van der Waals surface area contributed by atoms with Crippen LogP contribution < -0.4 is 10.6 Å². The highest BCUT2D eigenvalue weighted by Gasteiger charge is 2.12. The molecule has 0 spiro atoms. The summed E-state index contributed by atoms with van der Waals surface area (Å²) in [5.74, 6) is 0.242. The average molecular weight is 360 g/mol. The van der Waals surface area contributed by atoms with E-state index in [0.29, 0.717) is 11.5 Å². The Kier molecular flexibility index (Phi) is 5.21. The Labute approximate surface area is 159 Å². The lowest BCUT2D eigenvalue weighted by Crippen LogP contribution is -2.15. The normalized spacial score (nSPS) is 10.6. The molecule has 3 rings (SSSR count). The zero-order valence-corrected chi connectivity index (χ0v) is 16.3. The molecule has 1 aromatic heterocycles. The highest BCUT2D eigenvalue weighted by atomic mass is 16.1. The Morgan fingerprint density at radius 1 is 0.815 bits per heavy atom. The maximum atomic E-state index is 12.6. The van der Waals surface area contributed by atoms with Crippen molar-refractivity contribution < 1.29 is 4.79 Å². The number of nitrogens with one attached hydrogen (secondary N) is 2. The van der Waals surface area contributed by atoms with Crippen molar-refractivity contribution in [2.24, 2.45) is 0 Å². The third-order valence-electron chi connectivity index (χ3n) is 4.47. The standard InChI is InChI=1S/C22H24N4O/c1-13-6-7-15(3)19(10-13)25-22-23-11-18(12-24-22)21(27)26-20-16(4)8-14(2)9-17(20)5/h6-12H,1-5H3,(H,26,27)(H,23,24,25). The van der Waals surface area contributed by atoms with Gasteiger partial charge in [-0.05, 0) is 62.9 Å². The third kappa shape index (κ3) is 4.31. The number of carbonyl (C=O) groups is 1. The molecule has 0 aliphatic heterocycles. The molecule has 0 aliphatic carbocycles. The number of carbonyl (C=O) groups excluding carboxylic acids is 1. The van der Waals surface area contributed by atoms with Crippen molar-refractivity contribution in [2.75, 3.05) is 10.6 Å². The lowest BCUT2D eigenvalue weighted by Gasteiger charge is -2.13. The minimum Gasteiger partial charge on any atom is -0.324 e. The van der Waals surface area contributed by atoms with E-state index >= 15 is 0 Å². The maximum absolute atomic E-state index is 12.6. The fourth-order valence-corrected chi connectivity index (χ4v) is 3.06. The number of aromatic nitrogens is 2. The van der Waals surface area contributed by atoms with Gasteiger partial charge in [-0.15, -0.1) is 0 Å². The quantitative estimate of drug-likeness (QED) is 0.686. The second-order valence-corrected chi connectivity index (χ2v) is 6.97. The lowest BCUT2D eigenvalue weighted by molar-refractivity contribution is 0.102. The van der Waals surface area contributed by atoms with E-state index in [2.05, 4.69) is 38.8 Å². The molecule has 5 heteroatoms. The molecule has 27 heavy (non-hydrogen) atoms. The monoisotopic (exact) mass is 360 g/mol. The Bertz CT molecular complexity index is 971. The molecule has 0 bridgehead atoms. The summed E-state index contributed by atoms with van der Waals surface area (Å²) in [6.45, 7) is 10.1. The molecule has 3 aromatic rings. The van der Waals surface area contributed by atoms with Crippen LogP contribution in [0, 0.1) is 34.6 Å². The summed E-state index contributed by atoms with van der Waals surface area (Å²) in [6.07, 6.45) is 3.07. The predicted octanol–water partition coefficient (Wildman–Crippen LogP) is 5.01. The van der Waals surface area contributed by atoms with Crippen molar-refractivity contribution in [3.63, 3.8) is 0 Å². The average Bonchev–Trinajstić information content (AvgIpc) is 2.61. The molecule has 1 amide bonds. The van der Waals surface area contributed by atoms with E-state index in [-0.39, 0.29) is 5.91 Å². The van der Waals surface area contributed by atoms with Crippen LogP contribution in [-0.2, 0) is 0 Å². The van der Waals surface area contributed by atoms with Crippen LogP contribution in [0.15, 0.2) is 42.7 Å². The van der Waals surface area contributed by atoms with Crippen LogP contribution in [0.4, 0.5) is 17.3 Å². The van der Waals surface area contributed by atoms with Crippen molar-refractivity contribution in [2.45, 2.75) is 34.6 Å². The van der Waals surface area contributed by atoms with Gasteiger partial charge in [-0.2, -0.15) is 0 Å². The summed E-state index contributed by atoms with van der Waals surface area (Å²) < 4.78 is 0. The Morgan fingerprint density at radius 2 is 1.44 bits per heavy atom. The molecule has 138 valence electrons. The van der Waals surface area contributed by atoms with E-state index in [1.807, 2.05) is 46.8 Å². The van der Waals surface area contributed by atoms with Crippen LogP contribution in [0.2, 0.25) is 0 Å². The molecule has 5 nitrogen and oxygen atoms in total. The number of benzene rings is 2. The van der Waals surface area contributed by atoms with E-state index in [9.17, 15) is 4.79 Å². The number of hydrogen-bond acceptors (Lipinski definition) is 4. The second-order valence-electron chi connectivity index (χ2n) is 6.97. The first-order valence-electron chi connectivity index (χ1n) is 8.89. The summed E-state index contributed by atoms with van der Waals surface area (Å²) in [6, 6.07) is 10.3. The van der Waals surface area contributed by atoms with Crippen LogP contribution in [0.3, 0.4) is 0 Å². The Balaban J connectivity index is 1.75. The topological polar surface area (TPSA) is 66.9 Å². The Hall–Kier alpha value is -3.21. The summed E-state index contributed by atoms with van der Waals surface area (Å²) in [7, 11) is 0. The van der Waals surface area contributed by atoms with Gasteiger partial charge in [0.2, 0.25) is 5.95 Å². The summed E-state index contributed by atoms with van der Waals surface area (Å²) in [5, 5.41) is 6.17. The van der Waals surface area contributed by atoms with Gasteiger partial charge in [0.25, 0.3) is 5.91 Å². The van der Waals surface area contributed by atoms with Crippen molar-refractivity contribution in [1.29, 1.82) is 0 Å². The van der Waals surface area contributed by atoms with E-state index < -0.39 is 0 Å². The molecule has 0 radical (unpaired) electrons. The van der Waals surface area contributed by atoms with Gasteiger partial charge >= 0.3 is 0 Å². The van der Waals surface area contributed by atoms with Crippen LogP contribution >= 0.6 is 0 Å². The van der Waals surface area contributed by atoms with Gasteiger partial charge in [0, 0.05) is 23.8 Å². The first kappa shape index (κ1) is 18.6. The van der Waals surface area contributed by atoms with Crippen molar-refractivity contribution in [3.8, 4) is 0 Å². The number of rotatable bonds is 4. The van der Waals surface area contributed by atoms with Gasteiger partial charge in [0.15, 0.2) is 0 Å². The highest BCUT2D eigenvalue weighted by molar-refractivity contribution is 6.04. The van der Waals surface area contributed by atoms with Gasteiger partial charge in [-0.3, -0.25) is 4.79 Å². The predicted molar refractivity (Wildman–Crippen MR) is 110 cm³/mol. The third-order valence-corrected chi connectivity index (χ3v) is 4.47. The van der Waals surface area contributed by atoms with Crippen molar-refractivity contribution in [3.05, 3.63) is 76.1 Å². The molecule has 2 N–H and O–H groups in total. The number of nitrogens with zero attached hydrogens (tertiary/aromatic N) is 2. The van der Waals surface area contributed by atoms with Crippen LogP contribution in [-0.4, -0.2) is 15.9 Å². The van der Waals surface area contributed by atoms with Crippen LogP contribution in [0.1, 0.15) is 38.2 Å². The second kappa shape index (κ2) is 7.58. The van der Waals surface area contributed by atoms with Gasteiger partial charge in [-0.1, -0.05) is 29.8 Å². The molecule has 0 saturated carbocycles. The number of amides is 1. The van der Waals surface area contributed by atoms with Gasteiger partial charge in [-0.25, -0.2) is 9.97 Å². The first-order chi connectivity index (χ1) is 12.8. The lowest BCUT2D eigenvalue weighted by atomic mass is 10.0. The minimum absolute atomic E-state index is 0.219. The van der Waals surface area contributed by atoms with Crippen LogP contribution in [0.5, 0.6) is 0 Å². The molecule has 0 aliphatic rings. The molecule has 0 atom stereocenters. The largest absolute Gasteiger partial charge is 0.324 e. The summed E-state index contributed by atoms with van der Waals surface area (Å²) in [5.41, 5.74) is 7.72. The van der Waals surface area contributed by atoms with Crippen molar-refractivity contribution in [1.82, 2.24) is 9.97 Å². The fraction of sp³-hybridized carbons (Fsp3) is 0.227. The molecule has 0 fully saturated rings. The van der Waals surface area contributed by atoms with Gasteiger partial charge < -0.3 is 10.6 Å². The zero-order chi connectivity index (χ0) is 19.6. The minimum atomic E-state index is -0.219. The Morgan fingerprint density at radius 3 is 2.07 bits per heavy atom.